The van der Waals surface area contributed by atoms with Gasteiger partial charge in [-0.2, -0.15) is 0 Å². The zero-order chi connectivity index (χ0) is 40.9. The average molecular weight is 763 g/mol. The number of carbonyl (C=O) groups is 6. The highest BCUT2D eigenvalue weighted by atomic mass is 16.5. The molecule has 1 fully saturated rings. The van der Waals surface area contributed by atoms with Gasteiger partial charge < -0.3 is 25.3 Å². The Morgan fingerprint density at radius 2 is 1.67 bits per heavy atom. The molecule has 0 aliphatic carbocycles. The van der Waals surface area contributed by atoms with Crippen LogP contribution in [-0.2, 0) is 39.9 Å². The predicted octanol–water partition coefficient (Wildman–Crippen LogP) is 4.88. The maximum absolute atomic E-state index is 14.2. The van der Waals surface area contributed by atoms with Crippen molar-refractivity contribution in [2.24, 2.45) is 17.8 Å². The zero-order valence-corrected chi connectivity index (χ0v) is 33.5. The number of esters is 1. The number of ketones is 1. The van der Waals surface area contributed by atoms with Gasteiger partial charge in [-0.25, -0.2) is 5.43 Å². The van der Waals surface area contributed by atoms with Gasteiger partial charge in [-0.15, -0.1) is 0 Å². The van der Waals surface area contributed by atoms with Crippen molar-refractivity contribution >= 4 is 35.8 Å². The van der Waals surface area contributed by atoms with Crippen molar-refractivity contribution < 1.29 is 38.6 Å². The van der Waals surface area contributed by atoms with Crippen LogP contribution in [0, 0.1) is 17.8 Å². The summed E-state index contributed by atoms with van der Waals surface area (Å²) in [6.07, 6.45) is 14.6. The maximum atomic E-state index is 14.2. The number of amides is 3. The van der Waals surface area contributed by atoms with E-state index in [0.29, 0.717) is 45.1 Å². The number of ether oxygens (including phenoxy) is 1. The van der Waals surface area contributed by atoms with E-state index < -0.39 is 59.9 Å². The molecule has 12 heteroatoms. The van der Waals surface area contributed by atoms with Gasteiger partial charge in [0.25, 0.3) is 5.91 Å². The summed E-state index contributed by atoms with van der Waals surface area (Å²) in [5.41, 5.74) is 4.62. The van der Waals surface area contributed by atoms with Crippen molar-refractivity contribution in [2.75, 3.05) is 6.54 Å². The molecule has 12 nitrogen and oxygen atoms in total. The minimum Gasteiger partial charge on any atom is -0.456 e. The van der Waals surface area contributed by atoms with Gasteiger partial charge in [-0.1, -0.05) is 101 Å². The molecular weight excluding hydrogens is 700 g/mol. The van der Waals surface area contributed by atoms with Crippen LogP contribution in [0.15, 0.2) is 78.4 Å². The number of cyclic esters (lactones) is 1. The summed E-state index contributed by atoms with van der Waals surface area (Å²) in [5, 5.41) is 18.5. The third kappa shape index (κ3) is 15.9. The topological polar surface area (TPSA) is 171 Å². The number of aldehydes is 1. The summed E-state index contributed by atoms with van der Waals surface area (Å²) >= 11 is 0. The number of hydrogen-bond acceptors (Lipinski definition) is 9. The zero-order valence-electron chi connectivity index (χ0n) is 33.5. The minimum atomic E-state index is -1.01. The Balaban J connectivity index is 0.00000337. The number of nitrogens with zero attached hydrogens (tertiary/aromatic N) is 1. The molecule has 0 aromatic heterocycles. The molecule has 302 valence electrons. The number of nitrogens with one attached hydrogen (secondary N) is 3. The molecule has 3 rings (SSSR count). The molecule has 0 saturated carbocycles. The van der Waals surface area contributed by atoms with Gasteiger partial charge in [-0.3, -0.25) is 29.0 Å². The number of hydrazine groups is 1. The Hall–Kier alpha value is -4.68. The fraction of sp³-hybridized carbons (Fsp3) is 0.535. The fourth-order valence-electron chi connectivity index (χ4n) is 6.36. The third-order valence-electron chi connectivity index (χ3n) is 9.51. The van der Waals surface area contributed by atoms with Crippen LogP contribution in [0.25, 0.3) is 0 Å². The standard InChI is InChI=1S/C41H58N4O7.C2H4O/c1-7-17-32-37(47)29(5)18-11-8-9-14-24-35(28(4)19-15-20-30(6)46)52-41(51)33-23-16-25-45(44-33)40(50)34(26-31-21-12-10-13-22-31)42-39(49)36(27(2)3)43-38(32)48;1-2-3/h8-15,19-22,27,29,32-37,44,47H,7,16-18,23-26H2,1-6H3,(H,42,49)(H,43,48);2H,1H3/b11-8+,14-9+,20-15+,28-19+;/t29?,32?,33?,34?,35-,36?,37?;/m0./s1. The van der Waals surface area contributed by atoms with Gasteiger partial charge in [0.2, 0.25) is 11.8 Å². The first kappa shape index (κ1) is 46.5. The van der Waals surface area contributed by atoms with Crippen molar-refractivity contribution in [2.45, 2.75) is 124 Å². The highest BCUT2D eigenvalue weighted by Gasteiger charge is 2.37. The van der Waals surface area contributed by atoms with Crippen LogP contribution in [-0.4, -0.2) is 82.8 Å². The Kier molecular flexibility index (Phi) is 20.8. The number of allylic oxidation sites excluding steroid dienone is 6. The van der Waals surface area contributed by atoms with Crippen molar-refractivity contribution in [3.05, 3.63) is 84.0 Å². The Labute approximate surface area is 326 Å². The van der Waals surface area contributed by atoms with Crippen LogP contribution >= 0.6 is 0 Å². The van der Waals surface area contributed by atoms with E-state index in [-0.39, 0.29) is 24.0 Å². The van der Waals surface area contributed by atoms with E-state index in [0.717, 1.165) is 17.4 Å². The second-order valence-electron chi connectivity index (χ2n) is 14.5. The van der Waals surface area contributed by atoms with E-state index in [9.17, 15) is 29.1 Å². The molecule has 2 heterocycles. The second kappa shape index (κ2) is 24.7. The number of hydrogen-bond donors (Lipinski definition) is 4. The molecule has 0 spiro atoms. The summed E-state index contributed by atoms with van der Waals surface area (Å²) in [6.45, 7) is 12.5. The molecule has 0 radical (unpaired) electrons. The van der Waals surface area contributed by atoms with Crippen molar-refractivity contribution in [1.82, 2.24) is 21.1 Å². The number of aliphatic hydroxyl groups is 1. The van der Waals surface area contributed by atoms with Gasteiger partial charge in [-0.05, 0) is 75.5 Å². The Morgan fingerprint density at radius 1 is 1.02 bits per heavy atom. The van der Waals surface area contributed by atoms with Gasteiger partial charge in [0, 0.05) is 19.4 Å². The fourth-order valence-corrected chi connectivity index (χ4v) is 6.36. The van der Waals surface area contributed by atoms with Crippen molar-refractivity contribution in [3.8, 4) is 0 Å². The minimum absolute atomic E-state index is 0.104. The number of carbonyl (C=O) groups excluding carboxylic acids is 6. The summed E-state index contributed by atoms with van der Waals surface area (Å²) in [4.78, 5) is 75.7. The van der Waals surface area contributed by atoms with E-state index in [2.05, 4.69) is 16.1 Å². The van der Waals surface area contributed by atoms with Crippen molar-refractivity contribution in [1.29, 1.82) is 0 Å². The van der Waals surface area contributed by atoms with Crippen LogP contribution in [0.4, 0.5) is 0 Å². The molecule has 55 heavy (non-hydrogen) atoms. The molecule has 3 amide bonds. The molecular formula is C43H62N4O8. The van der Waals surface area contributed by atoms with E-state index in [1.54, 1.807) is 12.2 Å². The molecule has 6 unspecified atom stereocenters. The lowest BCUT2D eigenvalue weighted by atomic mass is 9.85. The lowest BCUT2D eigenvalue weighted by Crippen LogP contribution is -2.62. The normalized spacial score (nSPS) is 27.7. The van der Waals surface area contributed by atoms with Gasteiger partial charge >= 0.3 is 5.97 Å². The monoisotopic (exact) mass is 762 g/mol. The maximum Gasteiger partial charge on any atom is 0.325 e. The van der Waals surface area contributed by atoms with E-state index in [1.807, 2.05) is 89.3 Å². The first-order valence-electron chi connectivity index (χ1n) is 19.4. The summed E-state index contributed by atoms with van der Waals surface area (Å²) in [7, 11) is 0. The smallest absolute Gasteiger partial charge is 0.325 e. The first-order valence-corrected chi connectivity index (χ1v) is 19.4. The van der Waals surface area contributed by atoms with Gasteiger partial charge in [0.05, 0.1) is 12.0 Å². The summed E-state index contributed by atoms with van der Waals surface area (Å²) in [6, 6.07) is 6.55. The van der Waals surface area contributed by atoms with Gasteiger partial charge in [0.15, 0.2) is 5.78 Å². The number of fused-ring (bicyclic) bond motifs is 2. The van der Waals surface area contributed by atoms with Crippen LogP contribution in [0.1, 0.15) is 92.6 Å². The summed E-state index contributed by atoms with van der Waals surface area (Å²) < 4.78 is 6.01. The average Bonchev–Trinajstić information content (AvgIpc) is 3.15. The van der Waals surface area contributed by atoms with E-state index >= 15 is 0 Å². The van der Waals surface area contributed by atoms with Gasteiger partial charge in [0.1, 0.15) is 30.5 Å². The van der Waals surface area contributed by atoms with E-state index in [4.69, 9.17) is 9.53 Å². The van der Waals surface area contributed by atoms with Crippen LogP contribution < -0.4 is 16.1 Å². The molecule has 1 aromatic rings. The molecule has 7 atom stereocenters. The highest BCUT2D eigenvalue weighted by molar-refractivity contribution is 5.93. The van der Waals surface area contributed by atoms with Crippen LogP contribution in [0.3, 0.4) is 0 Å². The lowest BCUT2D eigenvalue weighted by molar-refractivity contribution is -0.156. The van der Waals surface area contributed by atoms with E-state index in [1.165, 1.54) is 24.9 Å². The third-order valence-corrected chi connectivity index (χ3v) is 9.51. The Bertz CT molecular complexity index is 1540. The van der Waals surface area contributed by atoms with Crippen LogP contribution in [0.5, 0.6) is 0 Å². The molecule has 2 aliphatic heterocycles. The number of aliphatic hydroxyl groups excluding tert-OH is 1. The molecule has 1 saturated heterocycles. The SMILES string of the molecule is CC=O.CCCC1C(=O)NC(C(C)C)C(=O)NC(Cc2ccccc2)C(=O)N2CCCC(N2)C(=O)O[C@H](/C(C)=C/C=C/C(C)=O)C/C=C/C=C/CC(C)C1O. The second-order valence-corrected chi connectivity index (χ2v) is 14.5. The molecule has 2 aliphatic rings. The largest absolute Gasteiger partial charge is 0.456 e. The molecule has 4 N–H and O–H groups in total. The molecule has 1 aromatic carbocycles. The summed E-state index contributed by atoms with van der Waals surface area (Å²) in [5.74, 6) is -3.26. The predicted molar refractivity (Wildman–Crippen MR) is 213 cm³/mol. The van der Waals surface area contributed by atoms with Crippen LogP contribution in [0.2, 0.25) is 0 Å². The lowest BCUT2D eigenvalue weighted by Gasteiger charge is -2.36. The van der Waals surface area contributed by atoms with Crippen molar-refractivity contribution in [3.63, 3.8) is 0 Å². The number of rotatable bonds is 8. The number of benzene rings is 1. The highest BCUT2D eigenvalue weighted by Crippen LogP contribution is 2.23. The quantitative estimate of drug-likeness (QED) is 0.125. The molecule has 2 bridgehead atoms. The first-order chi connectivity index (χ1) is 26.2. The Morgan fingerprint density at radius 3 is 2.29 bits per heavy atom.